The smallest absolute Gasteiger partial charge is 0.122 e. The van der Waals surface area contributed by atoms with Crippen molar-refractivity contribution in [2.45, 2.75) is 51.9 Å². The van der Waals surface area contributed by atoms with Crippen molar-refractivity contribution in [3.05, 3.63) is 22.7 Å². The van der Waals surface area contributed by atoms with Crippen LogP contribution in [-0.4, -0.2) is 13.7 Å². The van der Waals surface area contributed by atoms with Crippen molar-refractivity contribution < 1.29 is 4.74 Å². The molecule has 0 aliphatic heterocycles. The molecule has 0 aromatic heterocycles. The van der Waals surface area contributed by atoms with E-state index in [2.05, 4.69) is 34.2 Å². The second-order valence-electron chi connectivity index (χ2n) is 4.93. The topological polar surface area (TPSA) is 21.3 Å². The lowest BCUT2D eigenvalue weighted by Gasteiger charge is -2.09. The summed E-state index contributed by atoms with van der Waals surface area (Å²) in [5.74, 6) is 0.886. The lowest BCUT2D eigenvalue weighted by Crippen LogP contribution is -2.01. The van der Waals surface area contributed by atoms with Crippen LogP contribution in [0.2, 0.25) is 0 Å². The molecule has 2 nitrogen and oxygen atoms in total. The predicted molar refractivity (Wildman–Crippen MR) is 87.2 cm³/mol. The minimum Gasteiger partial charge on any atom is -0.497 e. The normalized spacial score (nSPS) is 10.5. The van der Waals surface area contributed by atoms with Crippen molar-refractivity contribution in [2.24, 2.45) is 0 Å². The second kappa shape index (κ2) is 10.1. The zero-order valence-electron chi connectivity index (χ0n) is 12.2. The van der Waals surface area contributed by atoms with Gasteiger partial charge in [-0.3, -0.25) is 0 Å². The molecule has 19 heavy (non-hydrogen) atoms. The predicted octanol–water partition coefficient (Wildman–Crippen LogP) is 5.62. The van der Waals surface area contributed by atoms with Crippen LogP contribution < -0.4 is 10.1 Å². The third-order valence-corrected chi connectivity index (χ3v) is 3.67. The lowest BCUT2D eigenvalue weighted by atomic mass is 10.1. The van der Waals surface area contributed by atoms with Gasteiger partial charge in [0.1, 0.15) is 5.75 Å². The zero-order valence-corrected chi connectivity index (χ0v) is 13.8. The Kier molecular flexibility index (Phi) is 8.72. The lowest BCUT2D eigenvalue weighted by molar-refractivity contribution is 0.414. The summed E-state index contributed by atoms with van der Waals surface area (Å²) in [6, 6.07) is 6.09. The fourth-order valence-electron chi connectivity index (χ4n) is 2.10. The quantitative estimate of drug-likeness (QED) is 0.563. The number of hydrogen-bond donors (Lipinski definition) is 1. The van der Waals surface area contributed by atoms with Crippen molar-refractivity contribution >= 4 is 21.6 Å². The van der Waals surface area contributed by atoms with E-state index in [1.54, 1.807) is 7.11 Å². The van der Waals surface area contributed by atoms with Crippen LogP contribution in [0.4, 0.5) is 5.69 Å². The van der Waals surface area contributed by atoms with E-state index in [1.165, 1.54) is 44.9 Å². The molecule has 0 aliphatic carbocycles. The minimum atomic E-state index is 0.886. The zero-order chi connectivity index (χ0) is 13.9. The van der Waals surface area contributed by atoms with E-state index in [-0.39, 0.29) is 0 Å². The summed E-state index contributed by atoms with van der Waals surface area (Å²) in [6.45, 7) is 3.30. The number of benzene rings is 1. The van der Waals surface area contributed by atoms with Gasteiger partial charge in [0.2, 0.25) is 0 Å². The number of ether oxygens (including phenoxy) is 1. The first-order valence-electron chi connectivity index (χ1n) is 7.34. The summed E-state index contributed by atoms with van der Waals surface area (Å²) in [7, 11) is 1.70. The van der Waals surface area contributed by atoms with Gasteiger partial charge in [0.15, 0.2) is 0 Å². The van der Waals surface area contributed by atoms with Gasteiger partial charge in [-0.05, 0) is 18.6 Å². The van der Waals surface area contributed by atoms with Gasteiger partial charge in [0.05, 0.1) is 7.11 Å². The Morgan fingerprint density at radius 3 is 2.37 bits per heavy atom. The fourth-order valence-corrected chi connectivity index (χ4v) is 2.57. The highest BCUT2D eigenvalue weighted by Gasteiger charge is 1.99. The molecule has 1 aromatic rings. The third kappa shape index (κ3) is 7.46. The molecule has 0 atom stereocenters. The van der Waals surface area contributed by atoms with E-state index in [0.717, 1.165) is 22.5 Å². The first-order chi connectivity index (χ1) is 9.26. The van der Waals surface area contributed by atoms with Crippen LogP contribution in [0.15, 0.2) is 22.7 Å². The fraction of sp³-hybridized carbons (Fsp3) is 0.625. The first kappa shape index (κ1) is 16.4. The number of halogens is 1. The van der Waals surface area contributed by atoms with E-state index < -0.39 is 0 Å². The highest BCUT2D eigenvalue weighted by atomic mass is 79.9. The molecule has 0 fully saturated rings. The van der Waals surface area contributed by atoms with Crippen LogP contribution in [-0.2, 0) is 0 Å². The Bertz CT molecular complexity index is 355. The Morgan fingerprint density at radius 1 is 1.00 bits per heavy atom. The number of anilines is 1. The number of methoxy groups -OCH3 is 1. The Labute approximate surface area is 126 Å². The number of rotatable bonds is 10. The van der Waals surface area contributed by atoms with Gasteiger partial charge in [0, 0.05) is 22.8 Å². The maximum atomic E-state index is 5.25. The van der Waals surface area contributed by atoms with Gasteiger partial charge < -0.3 is 10.1 Å². The molecule has 0 bridgehead atoms. The van der Waals surface area contributed by atoms with Crippen molar-refractivity contribution in [3.63, 3.8) is 0 Å². The molecule has 0 radical (unpaired) electrons. The molecule has 0 spiro atoms. The highest BCUT2D eigenvalue weighted by molar-refractivity contribution is 9.10. The van der Waals surface area contributed by atoms with Gasteiger partial charge in [-0.1, -0.05) is 61.4 Å². The maximum Gasteiger partial charge on any atom is 0.122 e. The summed E-state index contributed by atoms with van der Waals surface area (Å²) in [5.41, 5.74) is 1.12. The van der Waals surface area contributed by atoms with Crippen LogP contribution in [0.25, 0.3) is 0 Å². The minimum absolute atomic E-state index is 0.886. The average Bonchev–Trinajstić information content (AvgIpc) is 2.41. The monoisotopic (exact) mass is 327 g/mol. The van der Waals surface area contributed by atoms with Gasteiger partial charge in [-0.25, -0.2) is 0 Å². The van der Waals surface area contributed by atoms with Crippen LogP contribution in [0.5, 0.6) is 5.75 Å². The Hall–Kier alpha value is -0.700. The molecule has 0 saturated heterocycles. The van der Waals surface area contributed by atoms with E-state index >= 15 is 0 Å². The van der Waals surface area contributed by atoms with Crippen LogP contribution >= 0.6 is 15.9 Å². The molecule has 3 heteroatoms. The molecule has 0 amide bonds. The SMILES string of the molecule is CCCCCCCCCNc1cc(Br)cc(OC)c1. The van der Waals surface area contributed by atoms with E-state index in [4.69, 9.17) is 4.74 Å². The van der Waals surface area contributed by atoms with E-state index in [1.807, 2.05) is 12.1 Å². The van der Waals surface area contributed by atoms with Crippen molar-refractivity contribution in [3.8, 4) is 5.75 Å². The average molecular weight is 328 g/mol. The van der Waals surface area contributed by atoms with Crippen LogP contribution in [0.1, 0.15) is 51.9 Å². The van der Waals surface area contributed by atoms with Crippen molar-refractivity contribution in [2.75, 3.05) is 19.0 Å². The molecule has 0 unspecified atom stereocenters. The van der Waals surface area contributed by atoms with Gasteiger partial charge >= 0.3 is 0 Å². The largest absolute Gasteiger partial charge is 0.497 e. The molecule has 108 valence electrons. The molecular weight excluding hydrogens is 302 g/mol. The standard InChI is InChI=1S/C16H26BrNO/c1-3-4-5-6-7-8-9-10-18-15-11-14(17)12-16(13-15)19-2/h11-13,18H,3-10H2,1-2H3. The van der Waals surface area contributed by atoms with E-state index in [9.17, 15) is 0 Å². The molecule has 1 aromatic carbocycles. The summed E-state index contributed by atoms with van der Waals surface area (Å²) in [4.78, 5) is 0. The molecule has 0 heterocycles. The highest BCUT2D eigenvalue weighted by Crippen LogP contribution is 2.24. The molecule has 1 rings (SSSR count). The van der Waals surface area contributed by atoms with Gasteiger partial charge in [-0.15, -0.1) is 0 Å². The summed E-state index contributed by atoms with van der Waals surface area (Å²) < 4.78 is 6.30. The summed E-state index contributed by atoms with van der Waals surface area (Å²) in [5, 5.41) is 3.45. The summed E-state index contributed by atoms with van der Waals surface area (Å²) >= 11 is 3.49. The number of hydrogen-bond acceptors (Lipinski definition) is 2. The van der Waals surface area contributed by atoms with Crippen molar-refractivity contribution in [1.82, 2.24) is 0 Å². The molecule has 0 saturated carbocycles. The second-order valence-corrected chi connectivity index (χ2v) is 5.84. The third-order valence-electron chi connectivity index (χ3n) is 3.22. The maximum absolute atomic E-state index is 5.25. The van der Waals surface area contributed by atoms with Gasteiger partial charge in [0.25, 0.3) is 0 Å². The van der Waals surface area contributed by atoms with Crippen molar-refractivity contribution in [1.29, 1.82) is 0 Å². The van der Waals surface area contributed by atoms with Crippen LogP contribution in [0.3, 0.4) is 0 Å². The molecular formula is C16H26BrNO. The Balaban J connectivity index is 2.13. The Morgan fingerprint density at radius 2 is 1.68 bits per heavy atom. The first-order valence-corrected chi connectivity index (χ1v) is 8.14. The van der Waals surface area contributed by atoms with Crippen LogP contribution in [0, 0.1) is 0 Å². The van der Waals surface area contributed by atoms with Gasteiger partial charge in [-0.2, -0.15) is 0 Å². The number of unbranched alkanes of at least 4 members (excludes halogenated alkanes) is 6. The molecule has 0 aliphatic rings. The number of nitrogens with one attached hydrogen (secondary N) is 1. The van der Waals surface area contributed by atoms with E-state index in [0.29, 0.717) is 0 Å². The summed E-state index contributed by atoms with van der Waals surface area (Å²) in [6.07, 6.45) is 9.42. The molecule has 1 N–H and O–H groups in total.